The number of nitrogens with one attached hydrogen (secondary N) is 1. The van der Waals surface area contributed by atoms with Crippen molar-refractivity contribution >= 4 is 26.5 Å². The van der Waals surface area contributed by atoms with E-state index in [1.807, 2.05) is 31.2 Å². The molecule has 0 saturated carbocycles. The van der Waals surface area contributed by atoms with Gasteiger partial charge in [-0.3, -0.25) is 0 Å². The summed E-state index contributed by atoms with van der Waals surface area (Å²) in [6, 6.07) is 36.4. The van der Waals surface area contributed by atoms with Gasteiger partial charge in [0, 0.05) is 23.0 Å². The van der Waals surface area contributed by atoms with Crippen molar-refractivity contribution in [2.75, 3.05) is 6.54 Å². The van der Waals surface area contributed by atoms with Gasteiger partial charge in [0.15, 0.2) is 0 Å². The van der Waals surface area contributed by atoms with Gasteiger partial charge in [-0.25, -0.2) is 13.1 Å². The Morgan fingerprint density at radius 1 is 0.789 bits per heavy atom. The molecule has 1 aromatic heterocycles. The summed E-state index contributed by atoms with van der Waals surface area (Å²) in [5.41, 5.74) is 7.62. The molecule has 0 aliphatic carbocycles. The van der Waals surface area contributed by atoms with Gasteiger partial charge in [0.2, 0.25) is 10.0 Å². The molecule has 0 fully saturated rings. The Labute approximate surface area is 224 Å². The van der Waals surface area contributed by atoms with E-state index in [1.54, 1.807) is 12.1 Å². The fourth-order valence-electron chi connectivity index (χ4n) is 5.68. The largest absolute Gasteiger partial charge is 0.327 e. The first-order valence-electron chi connectivity index (χ1n) is 12.9. The highest BCUT2D eigenvalue weighted by Gasteiger charge is 2.39. The van der Waals surface area contributed by atoms with E-state index in [1.165, 1.54) is 11.1 Å². The normalized spacial score (nSPS) is 16.9. The second kappa shape index (κ2) is 9.43. The molecular formula is C33H30N2O2S. The van der Waals surface area contributed by atoms with Gasteiger partial charge in [-0.05, 0) is 61.2 Å². The molecule has 1 N–H and O–H groups in total. The zero-order valence-corrected chi connectivity index (χ0v) is 22.4. The van der Waals surface area contributed by atoms with Gasteiger partial charge in [0.25, 0.3) is 0 Å². The van der Waals surface area contributed by atoms with E-state index in [0.717, 1.165) is 33.3 Å². The first-order valence-corrected chi connectivity index (χ1v) is 14.4. The second-order valence-electron chi connectivity index (χ2n) is 10.1. The molecule has 1 unspecified atom stereocenters. The molecule has 0 saturated heterocycles. The number of aromatic nitrogens is 1. The molecule has 6 rings (SSSR count). The van der Waals surface area contributed by atoms with Crippen LogP contribution in [0.4, 0.5) is 0 Å². The van der Waals surface area contributed by atoms with Gasteiger partial charge in [-0.15, -0.1) is 0 Å². The topological polar surface area (TPSA) is 51.1 Å². The predicted octanol–water partition coefficient (Wildman–Crippen LogP) is 6.68. The third-order valence-electron chi connectivity index (χ3n) is 7.57. The van der Waals surface area contributed by atoms with Gasteiger partial charge in [-0.1, -0.05) is 96.6 Å². The summed E-state index contributed by atoms with van der Waals surface area (Å²) in [6.07, 6.45) is 2.93. The fraction of sp³-hybridized carbons (Fsp3) is 0.152. The SMILES string of the molecule is Cc1ccc(S(=O)(=O)NCCc2c3n(c4ccccc24)C(C)(c2ccccc2)C=C3c2ccccc2)cc1. The third-order valence-corrected chi connectivity index (χ3v) is 9.04. The van der Waals surface area contributed by atoms with Gasteiger partial charge in [0.1, 0.15) is 0 Å². The molecule has 4 aromatic carbocycles. The predicted molar refractivity (Wildman–Crippen MR) is 155 cm³/mol. The maximum Gasteiger partial charge on any atom is 0.240 e. The van der Waals surface area contributed by atoms with E-state index in [0.29, 0.717) is 13.0 Å². The Hall–Kier alpha value is -3.93. The lowest BCUT2D eigenvalue weighted by atomic mass is 9.89. The van der Waals surface area contributed by atoms with Crippen molar-refractivity contribution in [2.24, 2.45) is 0 Å². The van der Waals surface area contributed by atoms with Crippen LogP contribution in [0.15, 0.2) is 120 Å². The van der Waals surface area contributed by atoms with Crippen molar-refractivity contribution in [3.63, 3.8) is 0 Å². The van der Waals surface area contributed by atoms with Crippen LogP contribution in [0.2, 0.25) is 0 Å². The second-order valence-corrected chi connectivity index (χ2v) is 11.8. The van der Waals surface area contributed by atoms with Crippen molar-refractivity contribution in [1.82, 2.24) is 9.29 Å². The van der Waals surface area contributed by atoms with E-state index in [2.05, 4.69) is 95.1 Å². The number of sulfonamides is 1. The molecule has 0 spiro atoms. The van der Waals surface area contributed by atoms with Crippen LogP contribution in [-0.2, 0) is 22.0 Å². The molecule has 2 heterocycles. The van der Waals surface area contributed by atoms with E-state index in [4.69, 9.17) is 0 Å². The molecular weight excluding hydrogens is 488 g/mol. The van der Waals surface area contributed by atoms with Crippen molar-refractivity contribution < 1.29 is 8.42 Å². The van der Waals surface area contributed by atoms with Crippen LogP contribution in [0.25, 0.3) is 16.5 Å². The van der Waals surface area contributed by atoms with Crippen molar-refractivity contribution in [1.29, 1.82) is 0 Å². The molecule has 0 amide bonds. The van der Waals surface area contributed by atoms with Crippen molar-refractivity contribution in [2.45, 2.75) is 30.7 Å². The number of allylic oxidation sites excluding steroid dienone is 1. The summed E-state index contributed by atoms with van der Waals surface area (Å²) in [6.45, 7) is 4.52. The van der Waals surface area contributed by atoms with Crippen molar-refractivity contribution in [3.05, 3.63) is 143 Å². The summed E-state index contributed by atoms with van der Waals surface area (Å²) < 4.78 is 31.3. The number of hydrogen-bond donors (Lipinski definition) is 1. The highest BCUT2D eigenvalue weighted by Crippen LogP contribution is 2.47. The minimum absolute atomic E-state index is 0.289. The maximum atomic E-state index is 13.0. The highest BCUT2D eigenvalue weighted by atomic mass is 32.2. The first-order chi connectivity index (χ1) is 18.4. The standard InChI is InChI=1S/C33H30N2O2S/c1-24-17-19-27(20-18-24)38(36,37)34-22-21-29-28-15-9-10-16-31(28)35-32(29)30(25-11-5-3-6-12-25)23-33(35,2)26-13-7-4-8-14-26/h3-20,23,34H,21-22H2,1-2H3. The fourth-order valence-corrected chi connectivity index (χ4v) is 6.71. The molecule has 1 aliphatic heterocycles. The van der Waals surface area contributed by atoms with Gasteiger partial charge < -0.3 is 4.57 Å². The average Bonchev–Trinajstić information content (AvgIpc) is 3.44. The summed E-state index contributed by atoms with van der Waals surface area (Å²) >= 11 is 0. The number of fused-ring (bicyclic) bond motifs is 3. The van der Waals surface area contributed by atoms with E-state index >= 15 is 0 Å². The monoisotopic (exact) mass is 518 g/mol. The number of rotatable bonds is 7. The van der Waals surface area contributed by atoms with Gasteiger partial charge >= 0.3 is 0 Å². The Morgan fingerprint density at radius 3 is 2.13 bits per heavy atom. The third kappa shape index (κ3) is 4.08. The maximum absolute atomic E-state index is 13.0. The summed E-state index contributed by atoms with van der Waals surface area (Å²) in [4.78, 5) is 0.289. The van der Waals surface area contributed by atoms with Crippen molar-refractivity contribution in [3.8, 4) is 0 Å². The van der Waals surface area contributed by atoms with Crippen LogP contribution in [0.5, 0.6) is 0 Å². The van der Waals surface area contributed by atoms with E-state index in [-0.39, 0.29) is 10.4 Å². The lowest BCUT2D eigenvalue weighted by Gasteiger charge is -2.27. The van der Waals surface area contributed by atoms with Gasteiger partial charge in [-0.2, -0.15) is 0 Å². The smallest absolute Gasteiger partial charge is 0.240 e. The number of hydrogen-bond acceptors (Lipinski definition) is 2. The average molecular weight is 519 g/mol. The molecule has 0 bridgehead atoms. The molecule has 5 heteroatoms. The van der Waals surface area contributed by atoms with Crippen LogP contribution in [-0.4, -0.2) is 19.5 Å². The van der Waals surface area contributed by atoms with Crippen LogP contribution in [0.3, 0.4) is 0 Å². The summed E-state index contributed by atoms with van der Waals surface area (Å²) in [7, 11) is -3.60. The van der Waals surface area contributed by atoms with Crippen LogP contribution in [0.1, 0.15) is 34.9 Å². The lowest BCUT2D eigenvalue weighted by Crippen LogP contribution is -2.27. The lowest BCUT2D eigenvalue weighted by molar-refractivity contribution is 0.525. The minimum atomic E-state index is -3.60. The molecule has 4 nitrogen and oxygen atoms in total. The number of para-hydroxylation sites is 1. The van der Waals surface area contributed by atoms with Crippen LogP contribution < -0.4 is 4.72 Å². The molecule has 190 valence electrons. The number of nitrogens with zero attached hydrogens (tertiary/aromatic N) is 1. The Balaban J connectivity index is 1.46. The summed E-state index contributed by atoms with van der Waals surface area (Å²) in [5.74, 6) is 0. The van der Waals surface area contributed by atoms with Crippen LogP contribution >= 0.6 is 0 Å². The Kier molecular flexibility index (Phi) is 6.05. The van der Waals surface area contributed by atoms with E-state index in [9.17, 15) is 8.42 Å². The van der Waals surface area contributed by atoms with Gasteiger partial charge in [0.05, 0.1) is 16.1 Å². The molecule has 38 heavy (non-hydrogen) atoms. The molecule has 5 aromatic rings. The molecule has 1 atom stereocenters. The number of aryl methyl sites for hydroxylation is 1. The first kappa shape index (κ1) is 24.4. The quantitative estimate of drug-likeness (QED) is 0.261. The Bertz CT molecular complexity index is 1750. The van der Waals surface area contributed by atoms with E-state index < -0.39 is 10.0 Å². The number of benzene rings is 4. The summed E-state index contributed by atoms with van der Waals surface area (Å²) in [5, 5.41) is 1.15. The van der Waals surface area contributed by atoms with Crippen LogP contribution in [0, 0.1) is 6.92 Å². The zero-order valence-electron chi connectivity index (χ0n) is 21.6. The zero-order chi connectivity index (χ0) is 26.3. The minimum Gasteiger partial charge on any atom is -0.327 e. The molecule has 1 aliphatic rings. The highest BCUT2D eigenvalue weighted by molar-refractivity contribution is 7.89. The Morgan fingerprint density at radius 2 is 1.42 bits per heavy atom. The molecule has 0 radical (unpaired) electrons.